The van der Waals surface area contributed by atoms with Crippen molar-refractivity contribution in [1.82, 2.24) is 15.0 Å². The van der Waals surface area contributed by atoms with E-state index in [-0.39, 0.29) is 11.6 Å². The van der Waals surface area contributed by atoms with Crippen LogP contribution in [0, 0.1) is 0 Å². The molecule has 0 aliphatic rings. The third-order valence-electron chi connectivity index (χ3n) is 3.75. The molecule has 8 heteroatoms. The van der Waals surface area contributed by atoms with Crippen molar-refractivity contribution in [2.45, 2.75) is 6.54 Å². The van der Waals surface area contributed by atoms with Crippen LogP contribution in [0.15, 0.2) is 55.1 Å². The SMILES string of the molecule is COc1ccc(NC(=O)c2cc(NCc3cccnc3)ncn2)c(OC)c1. The lowest BCUT2D eigenvalue weighted by Gasteiger charge is -2.12. The van der Waals surface area contributed by atoms with E-state index in [0.29, 0.717) is 29.5 Å². The number of ether oxygens (including phenoxy) is 2. The summed E-state index contributed by atoms with van der Waals surface area (Å²) in [7, 11) is 3.09. The number of benzene rings is 1. The Hall–Kier alpha value is -3.68. The average Bonchev–Trinajstić information content (AvgIpc) is 2.73. The summed E-state index contributed by atoms with van der Waals surface area (Å²) in [6, 6.07) is 10.5. The lowest BCUT2D eigenvalue weighted by molar-refractivity contribution is 0.102. The van der Waals surface area contributed by atoms with Crippen LogP contribution in [-0.2, 0) is 6.54 Å². The van der Waals surface area contributed by atoms with Crippen molar-refractivity contribution in [3.8, 4) is 11.5 Å². The third-order valence-corrected chi connectivity index (χ3v) is 3.75. The Morgan fingerprint density at radius 2 is 2.00 bits per heavy atom. The number of methoxy groups -OCH3 is 2. The molecule has 138 valence electrons. The van der Waals surface area contributed by atoms with Crippen LogP contribution in [0.3, 0.4) is 0 Å². The van der Waals surface area contributed by atoms with Gasteiger partial charge in [0, 0.05) is 31.1 Å². The predicted molar refractivity (Wildman–Crippen MR) is 101 cm³/mol. The Balaban J connectivity index is 1.70. The van der Waals surface area contributed by atoms with Crippen LogP contribution in [0.4, 0.5) is 11.5 Å². The smallest absolute Gasteiger partial charge is 0.274 e. The Labute approximate surface area is 156 Å². The molecule has 0 atom stereocenters. The quantitative estimate of drug-likeness (QED) is 0.664. The molecule has 0 radical (unpaired) electrons. The number of carbonyl (C=O) groups is 1. The van der Waals surface area contributed by atoms with Crippen molar-refractivity contribution in [2.75, 3.05) is 24.9 Å². The summed E-state index contributed by atoms with van der Waals surface area (Å²) in [5, 5.41) is 5.93. The van der Waals surface area contributed by atoms with Crippen LogP contribution in [0.2, 0.25) is 0 Å². The Morgan fingerprint density at radius 3 is 2.74 bits per heavy atom. The van der Waals surface area contributed by atoms with Gasteiger partial charge in [-0.05, 0) is 23.8 Å². The zero-order valence-corrected chi connectivity index (χ0v) is 15.0. The van der Waals surface area contributed by atoms with Crippen molar-refractivity contribution < 1.29 is 14.3 Å². The fourth-order valence-corrected chi connectivity index (χ4v) is 2.36. The second-order valence-corrected chi connectivity index (χ2v) is 5.52. The van der Waals surface area contributed by atoms with Gasteiger partial charge in [0.05, 0.1) is 19.9 Å². The van der Waals surface area contributed by atoms with E-state index in [0.717, 1.165) is 5.56 Å². The van der Waals surface area contributed by atoms with Gasteiger partial charge < -0.3 is 20.1 Å². The minimum atomic E-state index is -0.370. The number of aromatic nitrogens is 3. The standard InChI is InChI=1S/C19H19N5O3/c1-26-14-5-6-15(17(8-14)27-2)24-19(25)16-9-18(23-12-22-16)21-11-13-4-3-7-20-10-13/h3-10,12H,11H2,1-2H3,(H,24,25)(H,21,22,23). The first-order valence-corrected chi connectivity index (χ1v) is 8.18. The van der Waals surface area contributed by atoms with E-state index in [1.54, 1.807) is 43.8 Å². The van der Waals surface area contributed by atoms with Gasteiger partial charge >= 0.3 is 0 Å². The van der Waals surface area contributed by atoms with Crippen molar-refractivity contribution in [3.63, 3.8) is 0 Å². The molecule has 3 rings (SSSR count). The largest absolute Gasteiger partial charge is 0.497 e. The van der Waals surface area contributed by atoms with Crippen LogP contribution in [-0.4, -0.2) is 35.1 Å². The summed E-state index contributed by atoms with van der Waals surface area (Å²) in [6.07, 6.45) is 4.81. The summed E-state index contributed by atoms with van der Waals surface area (Å²) in [6.45, 7) is 0.540. The molecule has 0 spiro atoms. The number of amides is 1. The zero-order chi connectivity index (χ0) is 19.1. The molecule has 2 aromatic heterocycles. The number of nitrogens with zero attached hydrogens (tertiary/aromatic N) is 3. The molecule has 2 heterocycles. The van der Waals surface area contributed by atoms with Gasteiger partial charge in [0.2, 0.25) is 0 Å². The molecule has 0 fully saturated rings. The number of carbonyl (C=O) groups excluding carboxylic acids is 1. The first kappa shape index (κ1) is 18.1. The fourth-order valence-electron chi connectivity index (χ4n) is 2.36. The molecule has 0 aliphatic carbocycles. The van der Waals surface area contributed by atoms with Gasteiger partial charge in [0.1, 0.15) is 29.3 Å². The summed E-state index contributed by atoms with van der Waals surface area (Å²) in [4.78, 5) is 24.8. The first-order valence-electron chi connectivity index (χ1n) is 8.18. The molecule has 0 aliphatic heterocycles. The minimum absolute atomic E-state index is 0.233. The third kappa shape index (κ3) is 4.69. The summed E-state index contributed by atoms with van der Waals surface area (Å²) < 4.78 is 10.4. The Bertz CT molecular complexity index is 918. The van der Waals surface area contributed by atoms with E-state index in [4.69, 9.17) is 9.47 Å². The van der Waals surface area contributed by atoms with Gasteiger partial charge in [-0.2, -0.15) is 0 Å². The van der Waals surface area contributed by atoms with Gasteiger partial charge in [0.15, 0.2) is 0 Å². The molecular formula is C19H19N5O3. The van der Waals surface area contributed by atoms with Gasteiger partial charge in [-0.1, -0.05) is 6.07 Å². The highest BCUT2D eigenvalue weighted by Gasteiger charge is 2.13. The summed E-state index contributed by atoms with van der Waals surface area (Å²) in [5.41, 5.74) is 1.76. The van der Waals surface area contributed by atoms with Gasteiger partial charge in [-0.25, -0.2) is 9.97 Å². The molecule has 8 nitrogen and oxygen atoms in total. The normalized spacial score (nSPS) is 10.1. The highest BCUT2D eigenvalue weighted by molar-refractivity contribution is 6.04. The van der Waals surface area contributed by atoms with Crippen molar-refractivity contribution >= 4 is 17.4 Å². The minimum Gasteiger partial charge on any atom is -0.497 e. The van der Waals surface area contributed by atoms with Crippen LogP contribution >= 0.6 is 0 Å². The van der Waals surface area contributed by atoms with Crippen molar-refractivity contribution in [1.29, 1.82) is 0 Å². The maximum Gasteiger partial charge on any atom is 0.274 e. The predicted octanol–water partition coefficient (Wildman–Crippen LogP) is 2.75. The zero-order valence-electron chi connectivity index (χ0n) is 15.0. The van der Waals surface area contributed by atoms with E-state index in [2.05, 4.69) is 25.6 Å². The molecule has 0 saturated heterocycles. The maximum absolute atomic E-state index is 12.5. The van der Waals surface area contributed by atoms with Gasteiger partial charge in [-0.3, -0.25) is 9.78 Å². The highest BCUT2D eigenvalue weighted by atomic mass is 16.5. The second-order valence-electron chi connectivity index (χ2n) is 5.52. The molecule has 3 aromatic rings. The van der Waals surface area contributed by atoms with Crippen LogP contribution in [0.25, 0.3) is 0 Å². The monoisotopic (exact) mass is 365 g/mol. The number of nitrogens with one attached hydrogen (secondary N) is 2. The molecule has 1 amide bonds. The molecule has 27 heavy (non-hydrogen) atoms. The van der Waals surface area contributed by atoms with Gasteiger partial charge in [0.25, 0.3) is 5.91 Å². The number of pyridine rings is 1. The highest BCUT2D eigenvalue weighted by Crippen LogP contribution is 2.29. The summed E-state index contributed by atoms with van der Waals surface area (Å²) >= 11 is 0. The number of hydrogen-bond acceptors (Lipinski definition) is 7. The first-order chi connectivity index (χ1) is 13.2. The molecule has 1 aromatic carbocycles. The topological polar surface area (TPSA) is 98.3 Å². The van der Waals surface area contributed by atoms with E-state index in [1.165, 1.54) is 13.4 Å². The van der Waals surface area contributed by atoms with E-state index < -0.39 is 0 Å². The maximum atomic E-state index is 12.5. The van der Waals surface area contributed by atoms with Crippen LogP contribution < -0.4 is 20.1 Å². The van der Waals surface area contributed by atoms with Gasteiger partial charge in [-0.15, -0.1) is 0 Å². The molecule has 0 unspecified atom stereocenters. The number of hydrogen-bond donors (Lipinski definition) is 2. The van der Waals surface area contributed by atoms with Crippen LogP contribution in [0.5, 0.6) is 11.5 Å². The Kier molecular flexibility index (Phi) is 5.78. The lowest BCUT2D eigenvalue weighted by atomic mass is 10.2. The van der Waals surface area contributed by atoms with Crippen molar-refractivity contribution in [3.05, 3.63) is 66.4 Å². The van der Waals surface area contributed by atoms with Crippen molar-refractivity contribution in [2.24, 2.45) is 0 Å². The van der Waals surface area contributed by atoms with E-state index in [9.17, 15) is 4.79 Å². The van der Waals surface area contributed by atoms with Crippen LogP contribution in [0.1, 0.15) is 16.1 Å². The lowest BCUT2D eigenvalue weighted by Crippen LogP contribution is -2.15. The molecular weight excluding hydrogens is 346 g/mol. The second kappa shape index (κ2) is 8.61. The number of rotatable bonds is 7. The Morgan fingerprint density at radius 1 is 1.11 bits per heavy atom. The average molecular weight is 365 g/mol. The molecule has 0 saturated carbocycles. The van der Waals surface area contributed by atoms with E-state index >= 15 is 0 Å². The fraction of sp³-hybridized carbons (Fsp3) is 0.158. The molecule has 2 N–H and O–H groups in total. The molecule has 0 bridgehead atoms. The summed E-state index contributed by atoms with van der Waals surface area (Å²) in [5.74, 6) is 1.30. The van der Waals surface area contributed by atoms with E-state index in [1.807, 2.05) is 12.1 Å². The number of anilines is 2.